The Balaban J connectivity index is 0.00000288. The Kier molecular flexibility index (Phi) is 7.47. The second kappa shape index (κ2) is 8.66. The molecule has 2 rings (SSSR count). The maximum absolute atomic E-state index is 12.6. The quantitative estimate of drug-likeness (QED) is 0.750. The lowest BCUT2D eigenvalue weighted by molar-refractivity contribution is 0.0600. The average Bonchev–Trinajstić information content (AvgIpc) is 2.55. The molecule has 0 aromatic heterocycles. The van der Waals surface area contributed by atoms with Gasteiger partial charge in [-0.3, -0.25) is 0 Å². The highest BCUT2D eigenvalue weighted by Gasteiger charge is 2.28. The van der Waals surface area contributed by atoms with E-state index < -0.39 is 16.0 Å². The van der Waals surface area contributed by atoms with Crippen molar-refractivity contribution in [1.29, 1.82) is 0 Å². The minimum atomic E-state index is -3.75. The summed E-state index contributed by atoms with van der Waals surface area (Å²) in [6.45, 7) is 2.83. The molecule has 24 heavy (non-hydrogen) atoms. The number of esters is 1. The van der Waals surface area contributed by atoms with Crippen LogP contribution < -0.4 is 14.8 Å². The number of hydrogen-bond donors (Lipinski definition) is 2. The first-order valence-corrected chi connectivity index (χ1v) is 8.89. The fourth-order valence-electron chi connectivity index (χ4n) is 2.60. The van der Waals surface area contributed by atoms with E-state index in [4.69, 9.17) is 4.74 Å². The van der Waals surface area contributed by atoms with Crippen LogP contribution in [0.1, 0.15) is 30.1 Å². The van der Waals surface area contributed by atoms with Crippen LogP contribution in [0.25, 0.3) is 0 Å². The van der Waals surface area contributed by atoms with Crippen molar-refractivity contribution in [2.24, 2.45) is 0 Å². The largest absolute Gasteiger partial charge is 0.495 e. The van der Waals surface area contributed by atoms with E-state index in [1.165, 1.54) is 32.4 Å². The van der Waals surface area contributed by atoms with Gasteiger partial charge in [-0.1, -0.05) is 0 Å². The van der Waals surface area contributed by atoms with Gasteiger partial charge in [0.1, 0.15) is 10.6 Å². The zero-order valence-electron chi connectivity index (χ0n) is 13.9. The molecule has 1 heterocycles. The number of sulfonamides is 1. The molecule has 0 amide bonds. The van der Waals surface area contributed by atoms with Gasteiger partial charge in [0.15, 0.2) is 0 Å². The van der Waals surface area contributed by atoms with E-state index in [0.29, 0.717) is 0 Å². The smallest absolute Gasteiger partial charge is 0.337 e. The topological polar surface area (TPSA) is 93.7 Å². The van der Waals surface area contributed by atoms with Gasteiger partial charge in [0, 0.05) is 12.1 Å². The van der Waals surface area contributed by atoms with Gasteiger partial charge in [0.25, 0.3) is 0 Å². The lowest BCUT2D eigenvalue weighted by atomic mass is 10.0. The Hall–Kier alpha value is -1.35. The zero-order chi connectivity index (χ0) is 17.0. The van der Waals surface area contributed by atoms with Crippen LogP contribution in [0.3, 0.4) is 0 Å². The summed E-state index contributed by atoms with van der Waals surface area (Å²) in [5.41, 5.74) is 0.232. The standard InChI is InChI=1S/C15H22N2O5S.ClH/c1-10-12(5-4-8-16-10)17-23(19,20)14-7-6-11(15(18)22-3)9-13(14)21-2;/h6-7,9-10,12,16-17H,4-5,8H2,1-3H3;1H. The van der Waals surface area contributed by atoms with Crippen molar-refractivity contribution in [2.75, 3.05) is 20.8 Å². The highest BCUT2D eigenvalue weighted by molar-refractivity contribution is 7.89. The van der Waals surface area contributed by atoms with Crippen molar-refractivity contribution in [3.63, 3.8) is 0 Å². The van der Waals surface area contributed by atoms with E-state index in [2.05, 4.69) is 14.8 Å². The van der Waals surface area contributed by atoms with Crippen LogP contribution in [0.2, 0.25) is 0 Å². The third kappa shape index (κ3) is 4.60. The molecule has 1 aliphatic rings. The molecule has 136 valence electrons. The number of carbonyl (C=O) groups is 1. The summed E-state index contributed by atoms with van der Waals surface area (Å²) in [5, 5.41) is 3.25. The summed E-state index contributed by atoms with van der Waals surface area (Å²) >= 11 is 0. The van der Waals surface area contributed by atoms with Crippen molar-refractivity contribution in [2.45, 2.75) is 36.7 Å². The monoisotopic (exact) mass is 378 g/mol. The molecule has 1 saturated heterocycles. The molecule has 7 nitrogen and oxygen atoms in total. The van der Waals surface area contributed by atoms with E-state index >= 15 is 0 Å². The third-order valence-electron chi connectivity index (χ3n) is 3.94. The fraction of sp³-hybridized carbons (Fsp3) is 0.533. The third-order valence-corrected chi connectivity index (χ3v) is 5.47. The molecule has 1 aromatic carbocycles. The molecule has 0 radical (unpaired) electrons. The minimum absolute atomic E-state index is 0. The lowest BCUT2D eigenvalue weighted by Crippen LogP contribution is -2.51. The predicted octanol–water partition coefficient (Wildman–Crippen LogP) is 1.32. The molecule has 0 spiro atoms. The van der Waals surface area contributed by atoms with Gasteiger partial charge in [-0.15, -0.1) is 12.4 Å². The number of nitrogens with one attached hydrogen (secondary N) is 2. The van der Waals surface area contributed by atoms with Gasteiger partial charge in [0.2, 0.25) is 10.0 Å². The molecule has 0 saturated carbocycles. The Labute approximate surface area is 148 Å². The van der Waals surface area contributed by atoms with Gasteiger partial charge in [0.05, 0.1) is 19.8 Å². The molecular weight excluding hydrogens is 356 g/mol. The number of carbonyl (C=O) groups excluding carboxylic acids is 1. The van der Waals surface area contributed by atoms with Crippen molar-refractivity contribution < 1.29 is 22.7 Å². The van der Waals surface area contributed by atoms with Crippen LogP contribution in [-0.2, 0) is 14.8 Å². The number of benzene rings is 1. The van der Waals surface area contributed by atoms with Gasteiger partial charge in [-0.25, -0.2) is 17.9 Å². The van der Waals surface area contributed by atoms with E-state index in [-0.39, 0.29) is 40.7 Å². The Morgan fingerprint density at radius 1 is 1.33 bits per heavy atom. The number of rotatable bonds is 5. The lowest BCUT2D eigenvalue weighted by Gasteiger charge is -2.30. The summed E-state index contributed by atoms with van der Waals surface area (Å²) in [6, 6.07) is 4.00. The molecule has 0 bridgehead atoms. The fourth-order valence-corrected chi connectivity index (χ4v) is 4.10. The van der Waals surface area contributed by atoms with E-state index in [1.807, 2.05) is 6.92 Å². The number of hydrogen-bond acceptors (Lipinski definition) is 6. The van der Waals surface area contributed by atoms with Crippen molar-refractivity contribution >= 4 is 28.4 Å². The van der Waals surface area contributed by atoms with Crippen molar-refractivity contribution in [1.82, 2.24) is 10.0 Å². The molecule has 1 aromatic rings. The minimum Gasteiger partial charge on any atom is -0.495 e. The van der Waals surface area contributed by atoms with Crippen LogP contribution in [0.15, 0.2) is 23.1 Å². The second-order valence-electron chi connectivity index (χ2n) is 5.47. The van der Waals surface area contributed by atoms with Gasteiger partial charge < -0.3 is 14.8 Å². The SMILES string of the molecule is COC(=O)c1ccc(S(=O)(=O)NC2CCCNC2C)c(OC)c1.Cl. The Morgan fingerprint density at radius 3 is 2.62 bits per heavy atom. The maximum Gasteiger partial charge on any atom is 0.337 e. The summed E-state index contributed by atoms with van der Waals surface area (Å²) < 4.78 is 37.8. The number of methoxy groups -OCH3 is 2. The van der Waals surface area contributed by atoms with E-state index in [9.17, 15) is 13.2 Å². The molecule has 9 heteroatoms. The zero-order valence-corrected chi connectivity index (χ0v) is 15.5. The highest BCUT2D eigenvalue weighted by Crippen LogP contribution is 2.26. The highest BCUT2D eigenvalue weighted by atomic mass is 35.5. The normalized spacial score (nSPS) is 20.8. The molecule has 1 aliphatic heterocycles. The van der Waals surface area contributed by atoms with E-state index in [1.54, 1.807) is 0 Å². The van der Waals surface area contributed by atoms with Crippen molar-refractivity contribution in [3.05, 3.63) is 23.8 Å². The summed E-state index contributed by atoms with van der Waals surface area (Å²) in [6.07, 6.45) is 1.69. The molecule has 2 N–H and O–H groups in total. The number of piperidine rings is 1. The summed E-state index contributed by atoms with van der Waals surface area (Å²) in [4.78, 5) is 11.6. The average molecular weight is 379 g/mol. The van der Waals surface area contributed by atoms with Gasteiger partial charge in [-0.2, -0.15) is 0 Å². The second-order valence-corrected chi connectivity index (χ2v) is 7.15. The Bertz CT molecular complexity index is 680. The number of ether oxygens (including phenoxy) is 2. The molecule has 2 unspecified atom stereocenters. The molecular formula is C15H23ClN2O5S. The first-order valence-electron chi connectivity index (χ1n) is 7.41. The molecule has 0 aliphatic carbocycles. The van der Waals surface area contributed by atoms with Crippen LogP contribution in [0, 0.1) is 0 Å². The van der Waals surface area contributed by atoms with Gasteiger partial charge >= 0.3 is 5.97 Å². The number of halogens is 1. The van der Waals surface area contributed by atoms with Crippen molar-refractivity contribution in [3.8, 4) is 5.75 Å². The molecule has 2 atom stereocenters. The van der Waals surface area contributed by atoms with E-state index in [0.717, 1.165) is 19.4 Å². The Morgan fingerprint density at radius 2 is 2.04 bits per heavy atom. The van der Waals surface area contributed by atoms with Crippen LogP contribution >= 0.6 is 12.4 Å². The molecule has 1 fully saturated rings. The first kappa shape index (κ1) is 20.7. The van der Waals surface area contributed by atoms with Gasteiger partial charge in [-0.05, 0) is 44.5 Å². The predicted molar refractivity (Wildman–Crippen MR) is 92.4 cm³/mol. The van der Waals surface area contributed by atoms with Crippen LogP contribution in [0.4, 0.5) is 0 Å². The van der Waals surface area contributed by atoms with Crippen LogP contribution in [-0.4, -0.2) is 47.2 Å². The maximum atomic E-state index is 12.6. The summed E-state index contributed by atoms with van der Waals surface area (Å²) in [5.74, 6) is -0.442. The summed E-state index contributed by atoms with van der Waals surface area (Å²) in [7, 11) is -1.13. The van der Waals surface area contributed by atoms with Crippen LogP contribution in [0.5, 0.6) is 5.75 Å². The first-order chi connectivity index (χ1) is 10.9.